The number of nitrogens with zero attached hydrogens (tertiary/aromatic N) is 2. The lowest BCUT2D eigenvalue weighted by Gasteiger charge is -2.26. The molecule has 35 heavy (non-hydrogen) atoms. The molecule has 0 aromatic heterocycles. The summed E-state index contributed by atoms with van der Waals surface area (Å²) >= 11 is 0. The van der Waals surface area contributed by atoms with E-state index in [-0.39, 0.29) is 43.4 Å². The Labute approximate surface area is 203 Å². The van der Waals surface area contributed by atoms with E-state index in [1.165, 1.54) is 26.4 Å². The van der Waals surface area contributed by atoms with Gasteiger partial charge in [0, 0.05) is 20.2 Å². The third-order valence-corrected chi connectivity index (χ3v) is 6.54. The summed E-state index contributed by atoms with van der Waals surface area (Å²) in [5.41, 5.74) is 10.6. The Morgan fingerprint density at radius 2 is 1.86 bits per heavy atom. The van der Waals surface area contributed by atoms with Gasteiger partial charge in [-0.05, 0) is 47.9 Å². The molecule has 0 aliphatic heterocycles. The molecule has 0 saturated carbocycles. The van der Waals surface area contributed by atoms with Crippen molar-refractivity contribution in [1.29, 1.82) is 0 Å². The van der Waals surface area contributed by atoms with Crippen molar-refractivity contribution in [2.24, 2.45) is 16.5 Å². The van der Waals surface area contributed by atoms with Crippen molar-refractivity contribution < 1.29 is 32.6 Å². The fourth-order valence-electron chi connectivity index (χ4n) is 3.34. The number of fused-ring (bicyclic) bond motifs is 1. The molecule has 192 valence electrons. The van der Waals surface area contributed by atoms with E-state index in [4.69, 9.17) is 20.9 Å². The SMILES string of the molecule is COCCN(CC(=O)O)C(=O)C(CCCN=C(N)N)NS(=O)(=O)c1ccc2ccc(OC)cc2c1. The van der Waals surface area contributed by atoms with Crippen LogP contribution in [0.2, 0.25) is 0 Å². The van der Waals surface area contributed by atoms with Gasteiger partial charge in [0.2, 0.25) is 15.9 Å². The molecule has 0 radical (unpaired) electrons. The summed E-state index contributed by atoms with van der Waals surface area (Å²) in [6.45, 7) is -0.382. The number of hydrogen-bond donors (Lipinski definition) is 4. The highest BCUT2D eigenvalue weighted by molar-refractivity contribution is 7.89. The van der Waals surface area contributed by atoms with E-state index in [0.717, 1.165) is 10.3 Å². The van der Waals surface area contributed by atoms with E-state index in [9.17, 15) is 23.1 Å². The largest absolute Gasteiger partial charge is 0.497 e. The average Bonchev–Trinajstić information content (AvgIpc) is 2.81. The van der Waals surface area contributed by atoms with Crippen molar-refractivity contribution in [3.05, 3.63) is 36.4 Å². The van der Waals surface area contributed by atoms with Crippen LogP contribution in [-0.2, 0) is 24.3 Å². The van der Waals surface area contributed by atoms with Crippen LogP contribution in [0.15, 0.2) is 46.3 Å². The van der Waals surface area contributed by atoms with Gasteiger partial charge in [-0.3, -0.25) is 14.6 Å². The Morgan fingerprint density at radius 1 is 1.14 bits per heavy atom. The molecule has 0 heterocycles. The molecule has 0 fully saturated rings. The van der Waals surface area contributed by atoms with Gasteiger partial charge in [-0.15, -0.1) is 0 Å². The van der Waals surface area contributed by atoms with E-state index in [2.05, 4.69) is 9.71 Å². The molecule has 0 bridgehead atoms. The van der Waals surface area contributed by atoms with E-state index in [1.807, 2.05) is 0 Å². The summed E-state index contributed by atoms with van der Waals surface area (Å²) in [6, 6.07) is 8.57. The van der Waals surface area contributed by atoms with Crippen molar-refractivity contribution in [3.8, 4) is 5.75 Å². The number of carbonyl (C=O) groups excluding carboxylic acids is 1. The van der Waals surface area contributed by atoms with Gasteiger partial charge in [0.1, 0.15) is 18.3 Å². The first kappa shape index (κ1) is 27.8. The molecule has 1 amide bonds. The molecule has 2 aromatic carbocycles. The number of nitrogens with one attached hydrogen (secondary N) is 1. The van der Waals surface area contributed by atoms with Gasteiger partial charge >= 0.3 is 5.97 Å². The summed E-state index contributed by atoms with van der Waals surface area (Å²) in [7, 11) is -1.24. The zero-order valence-corrected chi connectivity index (χ0v) is 20.5. The highest BCUT2D eigenvalue weighted by Gasteiger charge is 2.30. The van der Waals surface area contributed by atoms with Crippen molar-refractivity contribution in [2.75, 3.05) is 40.5 Å². The van der Waals surface area contributed by atoms with Gasteiger partial charge in [0.15, 0.2) is 5.96 Å². The lowest BCUT2D eigenvalue weighted by Crippen LogP contribution is -2.50. The molecule has 2 rings (SSSR count). The van der Waals surface area contributed by atoms with Crippen molar-refractivity contribution in [2.45, 2.75) is 23.8 Å². The molecule has 0 aliphatic carbocycles. The van der Waals surface area contributed by atoms with Gasteiger partial charge in [0.05, 0.1) is 18.6 Å². The van der Waals surface area contributed by atoms with Crippen LogP contribution in [0.3, 0.4) is 0 Å². The Morgan fingerprint density at radius 3 is 2.49 bits per heavy atom. The number of rotatable bonds is 14. The van der Waals surface area contributed by atoms with Gasteiger partial charge in [-0.25, -0.2) is 8.42 Å². The Bertz CT molecular complexity index is 1170. The number of nitrogens with two attached hydrogens (primary N) is 2. The number of benzene rings is 2. The van der Waals surface area contributed by atoms with Crippen LogP contribution in [0.4, 0.5) is 0 Å². The quantitative estimate of drug-likeness (QED) is 0.156. The first-order valence-corrected chi connectivity index (χ1v) is 12.2. The summed E-state index contributed by atoms with van der Waals surface area (Å²) in [4.78, 5) is 29.3. The molecule has 12 nitrogen and oxygen atoms in total. The fraction of sp³-hybridized carbons (Fsp3) is 0.409. The summed E-state index contributed by atoms with van der Waals surface area (Å²) in [5.74, 6) is -1.50. The molecule has 2 aromatic rings. The maximum atomic E-state index is 13.2. The molecular weight excluding hydrogens is 478 g/mol. The number of amides is 1. The minimum Gasteiger partial charge on any atom is -0.497 e. The Kier molecular flexibility index (Phi) is 10.2. The highest BCUT2D eigenvalue weighted by Crippen LogP contribution is 2.24. The van der Waals surface area contributed by atoms with Crippen LogP contribution in [0.25, 0.3) is 10.8 Å². The van der Waals surface area contributed by atoms with Crippen LogP contribution >= 0.6 is 0 Å². The number of guanidine groups is 1. The molecule has 6 N–H and O–H groups in total. The standard InChI is InChI=1S/C22H31N5O7S/c1-33-11-10-27(14-20(28)29)21(30)19(4-3-9-25-22(23)24)26-35(31,32)18-8-6-15-5-7-17(34-2)12-16(15)13-18/h5-8,12-13,19,26H,3-4,9-11,14H2,1-2H3,(H,28,29)(H4,23,24,25). The van der Waals surface area contributed by atoms with Crippen molar-refractivity contribution in [1.82, 2.24) is 9.62 Å². The summed E-state index contributed by atoms with van der Waals surface area (Å²) < 4.78 is 39.0. The average molecular weight is 510 g/mol. The second-order valence-electron chi connectivity index (χ2n) is 7.64. The second kappa shape index (κ2) is 12.9. The monoisotopic (exact) mass is 509 g/mol. The minimum absolute atomic E-state index is 0.0243. The van der Waals surface area contributed by atoms with E-state index < -0.39 is 34.5 Å². The van der Waals surface area contributed by atoms with Gasteiger partial charge in [0.25, 0.3) is 0 Å². The van der Waals surface area contributed by atoms with Crippen LogP contribution in [0.1, 0.15) is 12.8 Å². The number of aliphatic imine (C=N–C) groups is 1. The number of carbonyl (C=O) groups is 2. The number of hydrogen-bond acceptors (Lipinski definition) is 7. The Balaban J connectivity index is 2.35. The first-order valence-electron chi connectivity index (χ1n) is 10.7. The molecule has 1 atom stereocenters. The van der Waals surface area contributed by atoms with Crippen LogP contribution in [0.5, 0.6) is 5.75 Å². The number of ether oxygens (including phenoxy) is 2. The van der Waals surface area contributed by atoms with Crippen LogP contribution in [-0.4, -0.2) is 82.8 Å². The van der Waals surface area contributed by atoms with Gasteiger partial charge < -0.3 is 30.9 Å². The number of methoxy groups -OCH3 is 2. The number of carboxylic acid groups (broad SMARTS) is 1. The number of carboxylic acids is 1. The molecule has 0 aliphatic rings. The van der Waals surface area contributed by atoms with E-state index >= 15 is 0 Å². The van der Waals surface area contributed by atoms with Crippen molar-refractivity contribution in [3.63, 3.8) is 0 Å². The van der Waals surface area contributed by atoms with E-state index in [0.29, 0.717) is 11.1 Å². The number of sulfonamides is 1. The van der Waals surface area contributed by atoms with Gasteiger partial charge in [-0.1, -0.05) is 12.1 Å². The van der Waals surface area contributed by atoms with E-state index in [1.54, 1.807) is 24.3 Å². The molecular formula is C22H31N5O7S. The predicted octanol–water partition coefficient (Wildman–Crippen LogP) is 0.109. The van der Waals surface area contributed by atoms with Crippen LogP contribution in [0, 0.1) is 0 Å². The maximum Gasteiger partial charge on any atom is 0.323 e. The predicted molar refractivity (Wildman–Crippen MR) is 131 cm³/mol. The summed E-state index contributed by atoms with van der Waals surface area (Å²) in [5, 5.41) is 10.7. The second-order valence-corrected chi connectivity index (χ2v) is 9.36. The fourth-order valence-corrected chi connectivity index (χ4v) is 4.60. The third kappa shape index (κ3) is 8.38. The minimum atomic E-state index is -4.15. The number of aliphatic carboxylic acids is 1. The lowest BCUT2D eigenvalue weighted by atomic mass is 10.1. The Hall–Kier alpha value is -3.42. The first-order chi connectivity index (χ1) is 16.6. The van der Waals surface area contributed by atoms with Crippen LogP contribution < -0.4 is 20.9 Å². The van der Waals surface area contributed by atoms with Gasteiger partial charge in [-0.2, -0.15) is 4.72 Å². The smallest absolute Gasteiger partial charge is 0.323 e. The highest BCUT2D eigenvalue weighted by atomic mass is 32.2. The molecule has 0 saturated heterocycles. The summed E-state index contributed by atoms with van der Waals surface area (Å²) in [6.07, 6.45) is 0.316. The normalized spacial score (nSPS) is 12.2. The third-order valence-electron chi connectivity index (χ3n) is 5.07. The maximum absolute atomic E-state index is 13.2. The zero-order chi connectivity index (χ0) is 26.0. The molecule has 13 heteroatoms. The lowest BCUT2D eigenvalue weighted by molar-refractivity contribution is -0.145. The molecule has 0 spiro atoms. The zero-order valence-electron chi connectivity index (χ0n) is 19.6. The molecule has 1 unspecified atom stereocenters. The topological polar surface area (TPSA) is 187 Å². The van der Waals surface area contributed by atoms with Crippen molar-refractivity contribution >= 4 is 38.6 Å².